The second kappa shape index (κ2) is 5.11. The van der Waals surface area contributed by atoms with Gasteiger partial charge in [0.25, 0.3) is 0 Å². The van der Waals surface area contributed by atoms with Crippen LogP contribution in [0.25, 0.3) is 42.5 Å². The van der Waals surface area contributed by atoms with Gasteiger partial charge >= 0.3 is 0 Å². The SMILES string of the molecule is Cc1cccc2c1sc1c(-c3ccc4ccccc4n3)nccc12. The summed E-state index contributed by atoms with van der Waals surface area (Å²) in [5.74, 6) is 0. The normalized spacial score (nSPS) is 11.5. The van der Waals surface area contributed by atoms with Gasteiger partial charge in [0.05, 0.1) is 15.9 Å². The maximum Gasteiger partial charge on any atom is 0.106 e. The van der Waals surface area contributed by atoms with Gasteiger partial charge in [-0.25, -0.2) is 4.98 Å². The largest absolute Gasteiger partial charge is 0.253 e. The number of nitrogens with zero attached hydrogens (tertiary/aromatic N) is 2. The monoisotopic (exact) mass is 326 g/mol. The zero-order chi connectivity index (χ0) is 16.1. The lowest BCUT2D eigenvalue weighted by molar-refractivity contribution is 1.31. The van der Waals surface area contributed by atoms with E-state index in [1.165, 1.54) is 25.7 Å². The summed E-state index contributed by atoms with van der Waals surface area (Å²) in [4.78, 5) is 9.49. The number of para-hydroxylation sites is 1. The Balaban J connectivity index is 1.85. The number of aromatic nitrogens is 2. The Kier molecular flexibility index (Phi) is 2.91. The molecule has 114 valence electrons. The first kappa shape index (κ1) is 13.6. The second-order valence-corrected chi connectivity index (χ2v) is 7.00. The van der Waals surface area contributed by atoms with Crippen LogP contribution in [0.5, 0.6) is 0 Å². The summed E-state index contributed by atoms with van der Waals surface area (Å²) in [5, 5.41) is 3.72. The minimum absolute atomic E-state index is 0.934. The van der Waals surface area contributed by atoms with E-state index in [0.717, 1.165) is 22.3 Å². The second-order valence-electron chi connectivity index (χ2n) is 5.98. The molecule has 2 aromatic carbocycles. The molecule has 0 saturated heterocycles. The fourth-order valence-corrected chi connectivity index (χ4v) is 4.51. The quantitative estimate of drug-likeness (QED) is 0.379. The molecule has 5 rings (SSSR count). The average Bonchev–Trinajstić information content (AvgIpc) is 3.02. The van der Waals surface area contributed by atoms with Crippen LogP contribution in [0.15, 0.2) is 66.9 Å². The molecular weight excluding hydrogens is 312 g/mol. The van der Waals surface area contributed by atoms with Crippen molar-refractivity contribution in [3.63, 3.8) is 0 Å². The van der Waals surface area contributed by atoms with Crippen LogP contribution in [0.1, 0.15) is 5.56 Å². The summed E-state index contributed by atoms with van der Waals surface area (Å²) in [6.45, 7) is 2.17. The van der Waals surface area contributed by atoms with E-state index in [9.17, 15) is 0 Å². The number of hydrogen-bond donors (Lipinski definition) is 0. The highest BCUT2D eigenvalue weighted by Crippen LogP contribution is 2.39. The van der Waals surface area contributed by atoms with Crippen molar-refractivity contribution in [2.24, 2.45) is 0 Å². The van der Waals surface area contributed by atoms with Gasteiger partial charge < -0.3 is 0 Å². The van der Waals surface area contributed by atoms with E-state index in [2.05, 4.69) is 54.4 Å². The maximum absolute atomic E-state index is 4.83. The van der Waals surface area contributed by atoms with E-state index < -0.39 is 0 Å². The standard InChI is InChI=1S/C21H14N2S/c1-13-5-4-7-15-16-11-12-22-19(21(16)24-20(13)15)18-10-9-14-6-2-3-8-17(14)23-18/h2-12H,1H3. The molecule has 0 bridgehead atoms. The molecule has 3 aromatic heterocycles. The molecule has 0 N–H and O–H groups in total. The lowest BCUT2D eigenvalue weighted by Crippen LogP contribution is -1.88. The minimum atomic E-state index is 0.934. The smallest absolute Gasteiger partial charge is 0.106 e. The summed E-state index contributed by atoms with van der Waals surface area (Å²) in [6, 6.07) is 21.0. The average molecular weight is 326 g/mol. The van der Waals surface area contributed by atoms with Crippen LogP contribution in [0, 0.1) is 6.92 Å². The van der Waals surface area contributed by atoms with Crippen molar-refractivity contribution in [3.05, 3.63) is 72.4 Å². The highest BCUT2D eigenvalue weighted by molar-refractivity contribution is 7.26. The number of rotatable bonds is 1. The van der Waals surface area contributed by atoms with Crippen LogP contribution in [0.2, 0.25) is 0 Å². The molecule has 0 atom stereocenters. The van der Waals surface area contributed by atoms with E-state index in [1.54, 1.807) is 0 Å². The summed E-state index contributed by atoms with van der Waals surface area (Å²) in [7, 11) is 0. The van der Waals surface area contributed by atoms with E-state index >= 15 is 0 Å². The molecule has 0 amide bonds. The molecular formula is C21H14N2S. The molecule has 0 aliphatic heterocycles. The Morgan fingerprint density at radius 3 is 2.62 bits per heavy atom. The van der Waals surface area contributed by atoms with Crippen molar-refractivity contribution in [1.82, 2.24) is 9.97 Å². The summed E-state index contributed by atoms with van der Waals surface area (Å²) in [6.07, 6.45) is 1.89. The Morgan fingerprint density at radius 1 is 0.792 bits per heavy atom. The summed E-state index contributed by atoms with van der Waals surface area (Å²) >= 11 is 1.81. The first-order valence-corrected chi connectivity index (χ1v) is 8.76. The molecule has 0 spiro atoms. The van der Waals surface area contributed by atoms with Crippen molar-refractivity contribution in [2.45, 2.75) is 6.92 Å². The Bertz CT molecular complexity index is 1220. The zero-order valence-electron chi connectivity index (χ0n) is 13.2. The van der Waals surface area contributed by atoms with Crippen molar-refractivity contribution in [2.75, 3.05) is 0 Å². The molecule has 0 saturated carbocycles. The predicted molar refractivity (Wildman–Crippen MR) is 103 cm³/mol. The first-order chi connectivity index (χ1) is 11.8. The van der Waals surface area contributed by atoms with Crippen LogP contribution in [0.4, 0.5) is 0 Å². The van der Waals surface area contributed by atoms with E-state index in [4.69, 9.17) is 4.98 Å². The van der Waals surface area contributed by atoms with Crippen LogP contribution in [-0.2, 0) is 0 Å². The van der Waals surface area contributed by atoms with Gasteiger partial charge in [0.15, 0.2) is 0 Å². The number of pyridine rings is 2. The Morgan fingerprint density at radius 2 is 1.67 bits per heavy atom. The van der Waals surface area contributed by atoms with E-state index in [1.807, 2.05) is 35.7 Å². The molecule has 0 fully saturated rings. The van der Waals surface area contributed by atoms with Crippen LogP contribution in [0.3, 0.4) is 0 Å². The van der Waals surface area contributed by atoms with Crippen LogP contribution >= 0.6 is 11.3 Å². The zero-order valence-corrected chi connectivity index (χ0v) is 14.0. The van der Waals surface area contributed by atoms with Crippen molar-refractivity contribution in [3.8, 4) is 11.4 Å². The number of thiophene rings is 1. The van der Waals surface area contributed by atoms with Gasteiger partial charge in [0, 0.05) is 27.1 Å². The predicted octanol–water partition coefficient (Wildman–Crippen LogP) is 5.97. The topological polar surface area (TPSA) is 25.8 Å². The van der Waals surface area contributed by atoms with E-state index in [0.29, 0.717) is 0 Å². The van der Waals surface area contributed by atoms with E-state index in [-0.39, 0.29) is 0 Å². The molecule has 5 aromatic rings. The van der Waals surface area contributed by atoms with Gasteiger partial charge in [-0.1, -0.05) is 42.5 Å². The Labute approximate surface area is 143 Å². The van der Waals surface area contributed by atoms with Gasteiger partial charge in [-0.2, -0.15) is 0 Å². The highest BCUT2D eigenvalue weighted by Gasteiger charge is 2.13. The summed E-state index contributed by atoms with van der Waals surface area (Å²) in [5.41, 5.74) is 4.22. The highest BCUT2D eigenvalue weighted by atomic mass is 32.1. The van der Waals surface area contributed by atoms with Gasteiger partial charge in [-0.3, -0.25) is 4.98 Å². The van der Waals surface area contributed by atoms with Gasteiger partial charge in [0.1, 0.15) is 5.69 Å². The molecule has 2 nitrogen and oxygen atoms in total. The van der Waals surface area contributed by atoms with Gasteiger partial charge in [-0.15, -0.1) is 11.3 Å². The first-order valence-electron chi connectivity index (χ1n) is 7.94. The van der Waals surface area contributed by atoms with Crippen molar-refractivity contribution in [1.29, 1.82) is 0 Å². The molecule has 0 unspecified atom stereocenters. The number of benzene rings is 2. The maximum atomic E-state index is 4.83. The van der Waals surface area contributed by atoms with Crippen molar-refractivity contribution >= 4 is 42.4 Å². The molecule has 0 radical (unpaired) electrons. The number of hydrogen-bond acceptors (Lipinski definition) is 3. The summed E-state index contributed by atoms with van der Waals surface area (Å²) < 4.78 is 2.55. The van der Waals surface area contributed by atoms with Crippen molar-refractivity contribution < 1.29 is 0 Å². The third kappa shape index (κ3) is 1.95. The fraction of sp³-hybridized carbons (Fsp3) is 0.0476. The van der Waals surface area contributed by atoms with Crippen LogP contribution in [-0.4, -0.2) is 9.97 Å². The number of fused-ring (bicyclic) bond motifs is 4. The Hall–Kier alpha value is -2.78. The fourth-order valence-electron chi connectivity index (χ4n) is 3.25. The number of aryl methyl sites for hydroxylation is 1. The lowest BCUT2D eigenvalue weighted by Gasteiger charge is -2.03. The minimum Gasteiger partial charge on any atom is -0.253 e. The van der Waals surface area contributed by atoms with Gasteiger partial charge in [0.2, 0.25) is 0 Å². The molecule has 24 heavy (non-hydrogen) atoms. The lowest BCUT2D eigenvalue weighted by atomic mass is 10.1. The molecule has 0 aliphatic rings. The van der Waals surface area contributed by atoms with Gasteiger partial charge in [-0.05, 0) is 30.7 Å². The molecule has 3 heterocycles. The third-order valence-corrected chi connectivity index (χ3v) is 5.82. The van der Waals surface area contributed by atoms with Crippen LogP contribution < -0.4 is 0 Å². The molecule has 0 aliphatic carbocycles. The molecule has 3 heteroatoms. The third-order valence-electron chi connectivity index (χ3n) is 4.45.